The number of rotatable bonds is 7. The topological polar surface area (TPSA) is 47.6 Å². The van der Waals surface area contributed by atoms with Crippen molar-refractivity contribution >= 4 is 17.5 Å². The molecule has 23 heavy (non-hydrogen) atoms. The maximum absolute atomic E-state index is 12.0. The minimum atomic E-state index is -0.105. The SMILES string of the molecule is COc1ccc(OCC(C)NC(=O)Cc2ccccc2Cl)cc1. The van der Waals surface area contributed by atoms with E-state index in [1.807, 2.05) is 49.4 Å². The van der Waals surface area contributed by atoms with Crippen molar-refractivity contribution in [2.24, 2.45) is 0 Å². The van der Waals surface area contributed by atoms with E-state index >= 15 is 0 Å². The van der Waals surface area contributed by atoms with Crippen LogP contribution in [0.1, 0.15) is 12.5 Å². The number of carbonyl (C=O) groups is 1. The van der Waals surface area contributed by atoms with Crippen LogP contribution in [-0.2, 0) is 11.2 Å². The van der Waals surface area contributed by atoms with Gasteiger partial charge in [0.1, 0.15) is 18.1 Å². The summed E-state index contributed by atoms with van der Waals surface area (Å²) in [5.74, 6) is 1.43. The molecule has 0 saturated heterocycles. The van der Waals surface area contributed by atoms with Crippen LogP contribution in [0.25, 0.3) is 0 Å². The van der Waals surface area contributed by atoms with Crippen molar-refractivity contribution in [2.75, 3.05) is 13.7 Å². The van der Waals surface area contributed by atoms with Crippen LogP contribution < -0.4 is 14.8 Å². The Hall–Kier alpha value is -2.20. The molecule has 122 valence electrons. The minimum absolute atomic E-state index is 0.0797. The maximum atomic E-state index is 12.0. The van der Waals surface area contributed by atoms with Gasteiger partial charge >= 0.3 is 0 Å². The lowest BCUT2D eigenvalue weighted by atomic mass is 10.1. The zero-order valence-electron chi connectivity index (χ0n) is 13.2. The summed E-state index contributed by atoms with van der Waals surface area (Å²) in [6, 6.07) is 14.5. The van der Waals surface area contributed by atoms with Crippen LogP contribution in [0.3, 0.4) is 0 Å². The second-order valence-corrected chi connectivity index (χ2v) is 5.63. The van der Waals surface area contributed by atoms with Crippen LogP contribution in [0.5, 0.6) is 11.5 Å². The summed E-state index contributed by atoms with van der Waals surface area (Å²) >= 11 is 6.06. The molecule has 1 unspecified atom stereocenters. The van der Waals surface area contributed by atoms with E-state index in [0.29, 0.717) is 11.6 Å². The molecule has 0 bridgehead atoms. The van der Waals surface area contributed by atoms with E-state index in [1.165, 1.54) is 0 Å². The van der Waals surface area contributed by atoms with Crippen molar-refractivity contribution in [3.8, 4) is 11.5 Å². The van der Waals surface area contributed by atoms with Gasteiger partial charge in [-0.2, -0.15) is 0 Å². The summed E-state index contributed by atoms with van der Waals surface area (Å²) < 4.78 is 10.7. The Balaban J connectivity index is 1.78. The van der Waals surface area contributed by atoms with Gasteiger partial charge in [0.2, 0.25) is 5.91 Å². The molecule has 0 heterocycles. The first-order valence-electron chi connectivity index (χ1n) is 7.38. The van der Waals surface area contributed by atoms with E-state index in [2.05, 4.69) is 5.32 Å². The van der Waals surface area contributed by atoms with Gasteiger partial charge in [0.05, 0.1) is 19.6 Å². The van der Waals surface area contributed by atoms with Crippen LogP contribution in [0.2, 0.25) is 5.02 Å². The van der Waals surface area contributed by atoms with Crippen molar-refractivity contribution in [3.63, 3.8) is 0 Å². The lowest BCUT2D eigenvalue weighted by Gasteiger charge is -2.15. The zero-order chi connectivity index (χ0) is 16.7. The van der Waals surface area contributed by atoms with Gasteiger partial charge in [-0.3, -0.25) is 4.79 Å². The van der Waals surface area contributed by atoms with Gasteiger partial charge < -0.3 is 14.8 Å². The van der Waals surface area contributed by atoms with E-state index in [0.717, 1.165) is 17.1 Å². The molecule has 2 aromatic rings. The number of hydrogen-bond acceptors (Lipinski definition) is 3. The van der Waals surface area contributed by atoms with Crippen molar-refractivity contribution in [1.82, 2.24) is 5.32 Å². The Morgan fingerprint density at radius 3 is 2.43 bits per heavy atom. The van der Waals surface area contributed by atoms with Gasteiger partial charge in [-0.05, 0) is 42.8 Å². The summed E-state index contributed by atoms with van der Waals surface area (Å²) in [5.41, 5.74) is 0.815. The highest BCUT2D eigenvalue weighted by Gasteiger charge is 2.10. The Labute approximate surface area is 141 Å². The molecule has 0 saturated carbocycles. The second kappa shape index (κ2) is 8.44. The number of benzene rings is 2. The highest BCUT2D eigenvalue weighted by Crippen LogP contribution is 2.17. The van der Waals surface area contributed by atoms with Crippen LogP contribution in [0, 0.1) is 0 Å². The smallest absolute Gasteiger partial charge is 0.224 e. The number of ether oxygens (including phenoxy) is 2. The first-order valence-corrected chi connectivity index (χ1v) is 7.76. The molecule has 1 amide bonds. The Bertz CT molecular complexity index is 643. The van der Waals surface area contributed by atoms with Crippen LogP contribution in [0.4, 0.5) is 0 Å². The van der Waals surface area contributed by atoms with E-state index < -0.39 is 0 Å². The van der Waals surface area contributed by atoms with Crippen LogP contribution >= 0.6 is 11.6 Å². The van der Waals surface area contributed by atoms with Gasteiger partial charge in [0.15, 0.2) is 0 Å². The van der Waals surface area contributed by atoms with E-state index in [9.17, 15) is 4.79 Å². The molecule has 2 rings (SSSR count). The molecule has 4 nitrogen and oxygen atoms in total. The number of hydrogen-bond donors (Lipinski definition) is 1. The lowest BCUT2D eigenvalue weighted by molar-refractivity contribution is -0.121. The number of halogens is 1. The molecular weight excluding hydrogens is 314 g/mol. The molecule has 0 spiro atoms. The average Bonchev–Trinajstić information content (AvgIpc) is 2.55. The number of amides is 1. The van der Waals surface area contributed by atoms with Crippen molar-refractivity contribution < 1.29 is 14.3 Å². The molecular formula is C18H20ClNO3. The molecule has 1 atom stereocenters. The van der Waals surface area contributed by atoms with Crippen molar-refractivity contribution in [1.29, 1.82) is 0 Å². The lowest BCUT2D eigenvalue weighted by Crippen LogP contribution is -2.37. The maximum Gasteiger partial charge on any atom is 0.224 e. The van der Waals surface area contributed by atoms with Gasteiger partial charge in [0, 0.05) is 5.02 Å². The molecule has 2 aromatic carbocycles. The number of carbonyl (C=O) groups excluding carboxylic acids is 1. The summed E-state index contributed by atoms with van der Waals surface area (Å²) in [6.07, 6.45) is 0.256. The van der Waals surface area contributed by atoms with E-state index in [1.54, 1.807) is 13.2 Å². The molecule has 5 heteroatoms. The highest BCUT2D eigenvalue weighted by molar-refractivity contribution is 6.31. The highest BCUT2D eigenvalue weighted by atomic mass is 35.5. The fraction of sp³-hybridized carbons (Fsp3) is 0.278. The standard InChI is InChI=1S/C18H20ClNO3/c1-13(12-23-16-9-7-15(22-2)8-10-16)20-18(21)11-14-5-3-4-6-17(14)19/h3-10,13H,11-12H2,1-2H3,(H,20,21). The third kappa shape index (κ3) is 5.49. The quantitative estimate of drug-likeness (QED) is 0.844. The predicted molar refractivity (Wildman–Crippen MR) is 91.2 cm³/mol. The zero-order valence-corrected chi connectivity index (χ0v) is 14.0. The molecule has 1 N–H and O–H groups in total. The van der Waals surface area contributed by atoms with Gasteiger partial charge in [-0.1, -0.05) is 29.8 Å². The van der Waals surface area contributed by atoms with E-state index in [-0.39, 0.29) is 18.4 Å². The fourth-order valence-electron chi connectivity index (χ4n) is 2.08. The Morgan fingerprint density at radius 1 is 1.13 bits per heavy atom. The van der Waals surface area contributed by atoms with Crippen molar-refractivity contribution in [2.45, 2.75) is 19.4 Å². The number of nitrogens with one attached hydrogen (secondary N) is 1. The summed E-state index contributed by atoms with van der Waals surface area (Å²) in [4.78, 5) is 12.0. The molecule has 0 aliphatic rings. The van der Waals surface area contributed by atoms with Gasteiger partial charge in [-0.25, -0.2) is 0 Å². The second-order valence-electron chi connectivity index (χ2n) is 5.22. The third-order valence-corrected chi connectivity index (χ3v) is 3.64. The summed E-state index contributed by atoms with van der Waals surface area (Å²) in [6.45, 7) is 2.29. The third-order valence-electron chi connectivity index (χ3n) is 3.28. The van der Waals surface area contributed by atoms with Crippen LogP contribution in [0.15, 0.2) is 48.5 Å². The Kier molecular flexibility index (Phi) is 6.29. The summed E-state index contributed by atoms with van der Waals surface area (Å²) in [5, 5.41) is 3.50. The molecule has 0 aliphatic carbocycles. The molecule has 0 radical (unpaired) electrons. The minimum Gasteiger partial charge on any atom is -0.497 e. The van der Waals surface area contributed by atoms with E-state index in [4.69, 9.17) is 21.1 Å². The van der Waals surface area contributed by atoms with Gasteiger partial charge in [0.25, 0.3) is 0 Å². The first kappa shape index (κ1) is 17.2. The molecule has 0 aliphatic heterocycles. The monoisotopic (exact) mass is 333 g/mol. The average molecular weight is 334 g/mol. The predicted octanol–water partition coefficient (Wildman–Crippen LogP) is 3.47. The largest absolute Gasteiger partial charge is 0.497 e. The fourth-order valence-corrected chi connectivity index (χ4v) is 2.28. The molecule has 0 fully saturated rings. The normalized spacial score (nSPS) is 11.6. The first-order chi connectivity index (χ1) is 11.1. The van der Waals surface area contributed by atoms with Crippen LogP contribution in [-0.4, -0.2) is 25.7 Å². The summed E-state index contributed by atoms with van der Waals surface area (Å²) in [7, 11) is 1.62. The van der Waals surface area contributed by atoms with Crippen molar-refractivity contribution in [3.05, 3.63) is 59.1 Å². The molecule has 0 aromatic heterocycles. The van der Waals surface area contributed by atoms with Gasteiger partial charge in [-0.15, -0.1) is 0 Å². The number of methoxy groups -OCH3 is 1. The Morgan fingerprint density at radius 2 is 1.78 bits per heavy atom.